The van der Waals surface area contributed by atoms with Gasteiger partial charge in [-0.05, 0) is 31.6 Å². The first-order valence-corrected chi connectivity index (χ1v) is 4.68. The Labute approximate surface area is 79.7 Å². The Hall–Kier alpha value is -1.08. The first-order valence-electron chi connectivity index (χ1n) is 4.68. The summed E-state index contributed by atoms with van der Waals surface area (Å²) in [6.07, 6.45) is 3.45. The molecule has 1 aromatic rings. The molecule has 0 bridgehead atoms. The highest BCUT2D eigenvalue weighted by molar-refractivity contribution is 5.63. The summed E-state index contributed by atoms with van der Waals surface area (Å²) in [5, 5.41) is 0. The summed E-state index contributed by atoms with van der Waals surface area (Å²) in [6.45, 7) is 1.08. The number of hydrogen-bond acceptors (Lipinski definition) is 1. The second-order valence-electron chi connectivity index (χ2n) is 3.92. The van der Waals surface area contributed by atoms with E-state index in [1.54, 1.807) is 0 Å². The zero-order valence-electron chi connectivity index (χ0n) is 8.25. The fourth-order valence-corrected chi connectivity index (χ4v) is 1.86. The molecule has 0 saturated heterocycles. The van der Waals surface area contributed by atoms with Crippen molar-refractivity contribution in [3.8, 4) is 0 Å². The van der Waals surface area contributed by atoms with Crippen molar-refractivity contribution < 1.29 is 0 Å². The Morgan fingerprint density at radius 3 is 2.69 bits per heavy atom. The molecule has 0 aliphatic heterocycles. The van der Waals surface area contributed by atoms with Crippen molar-refractivity contribution >= 4 is 6.08 Å². The molecular formula is C12H15N. The lowest BCUT2D eigenvalue weighted by atomic mass is 10.1. The van der Waals surface area contributed by atoms with Crippen LogP contribution in [0, 0.1) is 0 Å². The number of likely N-dealkylation sites (N-methyl/N-ethyl adjacent to an activating group) is 1. The van der Waals surface area contributed by atoms with Crippen LogP contribution in [0.4, 0.5) is 0 Å². The Balaban J connectivity index is 2.17. The number of nitrogens with zero attached hydrogens (tertiary/aromatic N) is 1. The third kappa shape index (κ3) is 1.81. The second-order valence-corrected chi connectivity index (χ2v) is 3.92. The van der Waals surface area contributed by atoms with Crippen molar-refractivity contribution in [2.24, 2.45) is 0 Å². The van der Waals surface area contributed by atoms with Gasteiger partial charge in [0.25, 0.3) is 0 Å². The van der Waals surface area contributed by atoms with Crippen LogP contribution < -0.4 is 0 Å². The zero-order chi connectivity index (χ0) is 9.26. The van der Waals surface area contributed by atoms with E-state index in [9.17, 15) is 0 Å². The monoisotopic (exact) mass is 173 g/mol. The van der Waals surface area contributed by atoms with E-state index in [4.69, 9.17) is 0 Å². The molecule has 1 aromatic carbocycles. The van der Waals surface area contributed by atoms with Crippen LogP contribution in [0.5, 0.6) is 0 Å². The van der Waals surface area contributed by atoms with Gasteiger partial charge in [0.15, 0.2) is 0 Å². The minimum atomic E-state index is 1.08. The van der Waals surface area contributed by atoms with E-state index in [-0.39, 0.29) is 0 Å². The van der Waals surface area contributed by atoms with Gasteiger partial charge in [-0.2, -0.15) is 0 Å². The largest absolute Gasteiger partial charge is 0.305 e. The summed E-state index contributed by atoms with van der Waals surface area (Å²) in [4.78, 5) is 2.22. The van der Waals surface area contributed by atoms with Crippen molar-refractivity contribution in [1.29, 1.82) is 0 Å². The van der Waals surface area contributed by atoms with Crippen LogP contribution in [0.3, 0.4) is 0 Å². The van der Waals surface area contributed by atoms with Crippen LogP contribution in [-0.2, 0) is 6.42 Å². The van der Waals surface area contributed by atoms with Crippen molar-refractivity contribution in [2.45, 2.75) is 6.42 Å². The zero-order valence-corrected chi connectivity index (χ0v) is 8.25. The topological polar surface area (TPSA) is 3.24 Å². The van der Waals surface area contributed by atoms with E-state index in [1.165, 1.54) is 16.7 Å². The molecule has 1 aliphatic carbocycles. The lowest BCUT2D eigenvalue weighted by Crippen LogP contribution is -2.14. The third-order valence-corrected chi connectivity index (χ3v) is 2.35. The summed E-state index contributed by atoms with van der Waals surface area (Å²) in [7, 11) is 4.23. The first-order chi connectivity index (χ1) is 6.25. The lowest BCUT2D eigenvalue weighted by molar-refractivity contribution is 0.444. The molecule has 0 aromatic heterocycles. The lowest BCUT2D eigenvalue weighted by Gasteiger charge is -2.09. The fourth-order valence-electron chi connectivity index (χ4n) is 1.86. The molecule has 1 heteroatoms. The molecule has 68 valence electrons. The molecule has 0 amide bonds. The van der Waals surface area contributed by atoms with Crippen LogP contribution in [-0.4, -0.2) is 25.5 Å². The molecule has 0 radical (unpaired) electrons. The van der Waals surface area contributed by atoms with E-state index < -0.39 is 0 Å². The van der Waals surface area contributed by atoms with Gasteiger partial charge in [0.1, 0.15) is 0 Å². The van der Waals surface area contributed by atoms with Gasteiger partial charge in [-0.25, -0.2) is 0 Å². The van der Waals surface area contributed by atoms with E-state index in [2.05, 4.69) is 49.3 Å². The maximum Gasteiger partial charge on any atom is 0.0193 e. The van der Waals surface area contributed by atoms with Gasteiger partial charge in [-0.15, -0.1) is 0 Å². The highest BCUT2D eigenvalue weighted by atomic mass is 15.0. The SMILES string of the molecule is CN(C)CC1=Cc2ccccc2C1. The molecule has 0 spiro atoms. The van der Waals surface area contributed by atoms with Gasteiger partial charge < -0.3 is 4.90 Å². The summed E-state index contributed by atoms with van der Waals surface area (Å²) in [5.74, 6) is 0. The van der Waals surface area contributed by atoms with E-state index in [0.717, 1.165) is 13.0 Å². The summed E-state index contributed by atoms with van der Waals surface area (Å²) < 4.78 is 0. The summed E-state index contributed by atoms with van der Waals surface area (Å²) in [5.41, 5.74) is 4.39. The van der Waals surface area contributed by atoms with Gasteiger partial charge in [0.05, 0.1) is 0 Å². The van der Waals surface area contributed by atoms with Gasteiger partial charge in [-0.3, -0.25) is 0 Å². The molecule has 2 rings (SSSR count). The number of hydrogen-bond donors (Lipinski definition) is 0. The van der Waals surface area contributed by atoms with Gasteiger partial charge in [0, 0.05) is 6.54 Å². The van der Waals surface area contributed by atoms with Crippen molar-refractivity contribution in [2.75, 3.05) is 20.6 Å². The summed E-state index contributed by atoms with van der Waals surface area (Å²) in [6, 6.07) is 8.63. The molecule has 1 nitrogen and oxygen atoms in total. The maximum atomic E-state index is 2.31. The van der Waals surface area contributed by atoms with Crippen molar-refractivity contribution in [1.82, 2.24) is 4.90 Å². The van der Waals surface area contributed by atoms with E-state index >= 15 is 0 Å². The number of benzene rings is 1. The van der Waals surface area contributed by atoms with Crippen LogP contribution in [0.25, 0.3) is 6.08 Å². The highest BCUT2D eigenvalue weighted by Crippen LogP contribution is 2.24. The second kappa shape index (κ2) is 3.35. The predicted molar refractivity (Wildman–Crippen MR) is 56.7 cm³/mol. The molecule has 0 N–H and O–H groups in total. The maximum absolute atomic E-state index is 2.31. The summed E-state index contributed by atoms with van der Waals surface area (Å²) >= 11 is 0. The minimum Gasteiger partial charge on any atom is -0.305 e. The third-order valence-electron chi connectivity index (χ3n) is 2.35. The molecule has 0 fully saturated rings. The van der Waals surface area contributed by atoms with Gasteiger partial charge in [0.2, 0.25) is 0 Å². The van der Waals surface area contributed by atoms with Crippen molar-refractivity contribution in [3.63, 3.8) is 0 Å². The highest BCUT2D eigenvalue weighted by Gasteiger charge is 2.11. The first kappa shape index (κ1) is 8.52. The van der Waals surface area contributed by atoms with E-state index in [0.29, 0.717) is 0 Å². The standard InChI is InChI=1S/C12H15N/c1-13(2)9-10-7-11-5-3-4-6-12(11)8-10/h3-7H,8-9H2,1-2H3. The molecular weight excluding hydrogens is 158 g/mol. The molecule has 13 heavy (non-hydrogen) atoms. The molecule has 0 heterocycles. The van der Waals surface area contributed by atoms with Gasteiger partial charge >= 0.3 is 0 Å². The van der Waals surface area contributed by atoms with Crippen LogP contribution in [0.1, 0.15) is 11.1 Å². The fraction of sp³-hybridized carbons (Fsp3) is 0.333. The smallest absolute Gasteiger partial charge is 0.0193 e. The number of rotatable bonds is 2. The molecule has 1 aliphatic rings. The molecule has 0 saturated carbocycles. The average molecular weight is 173 g/mol. The Morgan fingerprint density at radius 2 is 2.00 bits per heavy atom. The van der Waals surface area contributed by atoms with Gasteiger partial charge in [-0.1, -0.05) is 35.9 Å². The Kier molecular flexibility index (Phi) is 2.19. The molecule has 0 atom stereocenters. The van der Waals surface area contributed by atoms with Crippen LogP contribution in [0.2, 0.25) is 0 Å². The number of fused-ring (bicyclic) bond motifs is 1. The Bertz CT molecular complexity index is 337. The minimum absolute atomic E-state index is 1.08. The normalized spacial score (nSPS) is 14.5. The average Bonchev–Trinajstić information content (AvgIpc) is 2.44. The van der Waals surface area contributed by atoms with Crippen LogP contribution >= 0.6 is 0 Å². The molecule has 0 unspecified atom stereocenters. The van der Waals surface area contributed by atoms with Crippen molar-refractivity contribution in [3.05, 3.63) is 41.0 Å². The van der Waals surface area contributed by atoms with Crippen LogP contribution in [0.15, 0.2) is 29.8 Å². The predicted octanol–water partition coefficient (Wildman–Crippen LogP) is 2.19. The quantitative estimate of drug-likeness (QED) is 0.662. The Morgan fingerprint density at radius 1 is 1.23 bits per heavy atom. The van der Waals surface area contributed by atoms with E-state index in [1.807, 2.05) is 0 Å².